The molecule has 0 saturated carbocycles. The first-order valence-electron chi connectivity index (χ1n) is 6.28. The summed E-state index contributed by atoms with van der Waals surface area (Å²) in [5.41, 5.74) is 2.06. The second-order valence-corrected chi connectivity index (χ2v) is 5.25. The molecule has 1 aliphatic rings. The fourth-order valence-electron chi connectivity index (χ4n) is 2.09. The monoisotopic (exact) mass is 280 g/mol. The number of amides is 2. The van der Waals surface area contributed by atoms with Crippen LogP contribution < -0.4 is 5.32 Å². The van der Waals surface area contributed by atoms with Gasteiger partial charge in [0.15, 0.2) is 0 Å². The number of halogens is 1. The van der Waals surface area contributed by atoms with Crippen molar-refractivity contribution >= 4 is 23.4 Å². The molecular formula is C14H17ClN2O2. The second-order valence-electron chi connectivity index (χ2n) is 4.85. The van der Waals surface area contributed by atoms with E-state index in [4.69, 9.17) is 11.6 Å². The number of nitrogens with zero attached hydrogens (tertiary/aromatic N) is 1. The molecule has 1 aromatic rings. The van der Waals surface area contributed by atoms with Crippen molar-refractivity contribution < 1.29 is 9.59 Å². The van der Waals surface area contributed by atoms with E-state index in [2.05, 4.69) is 5.32 Å². The van der Waals surface area contributed by atoms with Gasteiger partial charge in [-0.3, -0.25) is 14.5 Å². The summed E-state index contributed by atoms with van der Waals surface area (Å²) >= 11 is 6.06. The molecule has 1 fully saturated rings. The maximum absolute atomic E-state index is 11.9. The molecule has 19 heavy (non-hydrogen) atoms. The van der Waals surface area contributed by atoms with Gasteiger partial charge in [-0.1, -0.05) is 23.7 Å². The Kier molecular flexibility index (Phi) is 4.22. The van der Waals surface area contributed by atoms with Crippen LogP contribution in [0.25, 0.3) is 0 Å². The van der Waals surface area contributed by atoms with Gasteiger partial charge in [-0.2, -0.15) is 0 Å². The van der Waals surface area contributed by atoms with Crippen LogP contribution in [0.5, 0.6) is 0 Å². The van der Waals surface area contributed by atoms with Crippen molar-refractivity contribution in [1.82, 2.24) is 10.2 Å². The number of carbonyl (C=O) groups is 2. The Morgan fingerprint density at radius 2 is 2.16 bits per heavy atom. The molecule has 4 nitrogen and oxygen atoms in total. The minimum Gasteiger partial charge on any atom is -0.302 e. The Labute approximate surface area is 117 Å². The van der Waals surface area contributed by atoms with Crippen LogP contribution in [0, 0.1) is 6.92 Å². The number of likely N-dealkylation sites (N-methyl/N-ethyl adjacent to an activating group) is 1. The summed E-state index contributed by atoms with van der Waals surface area (Å²) in [5.74, 6) is -0.268. The minimum absolute atomic E-state index is 0.110. The predicted octanol–water partition coefficient (Wildman–Crippen LogP) is 1.89. The van der Waals surface area contributed by atoms with Crippen LogP contribution in [-0.4, -0.2) is 29.8 Å². The number of imide groups is 1. The lowest BCUT2D eigenvalue weighted by atomic mass is 10.0. The van der Waals surface area contributed by atoms with Crippen molar-refractivity contribution in [2.45, 2.75) is 32.4 Å². The average molecular weight is 281 g/mol. The zero-order chi connectivity index (χ0) is 14.0. The van der Waals surface area contributed by atoms with Gasteiger partial charge in [-0.25, -0.2) is 0 Å². The number of carbonyl (C=O) groups excluding carboxylic acids is 2. The molecule has 2 rings (SSSR count). The van der Waals surface area contributed by atoms with Gasteiger partial charge in [0.05, 0.1) is 6.04 Å². The molecule has 1 N–H and O–H groups in total. The molecule has 2 amide bonds. The van der Waals surface area contributed by atoms with E-state index < -0.39 is 0 Å². The van der Waals surface area contributed by atoms with Crippen LogP contribution in [0.3, 0.4) is 0 Å². The standard InChI is InChI=1S/C14H17ClN2O2/c1-9-3-4-10(7-11(9)15)8-16-12-5-6-13(18)17(2)14(12)19/h3-4,7,12,16H,5-6,8H2,1-2H3. The number of hydrogen-bond acceptors (Lipinski definition) is 3. The molecule has 1 aliphatic heterocycles. The van der Waals surface area contributed by atoms with E-state index in [1.54, 1.807) is 0 Å². The van der Waals surface area contributed by atoms with Gasteiger partial charge in [-0.15, -0.1) is 0 Å². The SMILES string of the molecule is Cc1ccc(CNC2CCC(=O)N(C)C2=O)cc1Cl. The highest BCUT2D eigenvalue weighted by Gasteiger charge is 2.31. The Hall–Kier alpha value is -1.39. The number of likely N-dealkylation sites (tertiary alicyclic amines) is 1. The number of benzene rings is 1. The van der Waals surface area contributed by atoms with Crippen LogP contribution in [0.2, 0.25) is 5.02 Å². The second kappa shape index (κ2) is 5.72. The molecule has 1 heterocycles. The van der Waals surface area contributed by atoms with Gasteiger partial charge in [0.25, 0.3) is 0 Å². The Balaban J connectivity index is 1.97. The van der Waals surface area contributed by atoms with Gasteiger partial charge in [-0.05, 0) is 30.5 Å². The first-order chi connectivity index (χ1) is 8.99. The molecule has 0 spiro atoms. The number of rotatable bonds is 3. The molecule has 0 aliphatic carbocycles. The van der Waals surface area contributed by atoms with Gasteiger partial charge in [0.2, 0.25) is 11.8 Å². The van der Waals surface area contributed by atoms with Crippen molar-refractivity contribution in [3.8, 4) is 0 Å². The molecule has 102 valence electrons. The largest absolute Gasteiger partial charge is 0.302 e. The summed E-state index contributed by atoms with van der Waals surface area (Å²) in [6.07, 6.45) is 0.968. The summed E-state index contributed by atoms with van der Waals surface area (Å²) in [7, 11) is 1.53. The highest BCUT2D eigenvalue weighted by Crippen LogP contribution is 2.17. The van der Waals surface area contributed by atoms with E-state index in [0.717, 1.165) is 16.1 Å². The minimum atomic E-state index is -0.289. The fourth-order valence-corrected chi connectivity index (χ4v) is 2.30. The normalized spacial score (nSPS) is 19.9. The maximum atomic E-state index is 11.9. The average Bonchev–Trinajstić information content (AvgIpc) is 2.39. The van der Waals surface area contributed by atoms with Crippen LogP contribution in [0.4, 0.5) is 0 Å². The molecule has 1 saturated heterocycles. The van der Waals surface area contributed by atoms with Crippen LogP contribution in [-0.2, 0) is 16.1 Å². The maximum Gasteiger partial charge on any atom is 0.246 e. The zero-order valence-electron chi connectivity index (χ0n) is 11.1. The Bertz CT molecular complexity index is 516. The molecule has 0 aromatic heterocycles. The number of piperidine rings is 1. The lowest BCUT2D eigenvalue weighted by Crippen LogP contribution is -2.51. The van der Waals surface area contributed by atoms with Crippen LogP contribution in [0.1, 0.15) is 24.0 Å². The highest BCUT2D eigenvalue weighted by atomic mass is 35.5. The molecule has 5 heteroatoms. The summed E-state index contributed by atoms with van der Waals surface area (Å²) in [4.78, 5) is 24.5. The summed E-state index contributed by atoms with van der Waals surface area (Å²) in [6, 6.07) is 5.54. The van der Waals surface area contributed by atoms with Crippen LogP contribution >= 0.6 is 11.6 Å². The van der Waals surface area contributed by atoms with E-state index in [-0.39, 0.29) is 17.9 Å². The first kappa shape index (κ1) is 14.0. The number of nitrogens with one attached hydrogen (secondary N) is 1. The van der Waals surface area contributed by atoms with Crippen LogP contribution in [0.15, 0.2) is 18.2 Å². The quantitative estimate of drug-likeness (QED) is 0.860. The Morgan fingerprint density at radius 3 is 2.84 bits per heavy atom. The lowest BCUT2D eigenvalue weighted by molar-refractivity contribution is -0.148. The first-order valence-corrected chi connectivity index (χ1v) is 6.65. The molecule has 1 atom stereocenters. The van der Waals surface area contributed by atoms with Crippen molar-refractivity contribution in [2.24, 2.45) is 0 Å². The zero-order valence-corrected chi connectivity index (χ0v) is 11.8. The highest BCUT2D eigenvalue weighted by molar-refractivity contribution is 6.31. The summed E-state index contributed by atoms with van der Waals surface area (Å²) in [5, 5.41) is 3.91. The third-order valence-corrected chi connectivity index (χ3v) is 3.85. The van der Waals surface area contributed by atoms with Crippen molar-refractivity contribution in [2.75, 3.05) is 7.05 Å². The van der Waals surface area contributed by atoms with E-state index in [1.807, 2.05) is 25.1 Å². The van der Waals surface area contributed by atoms with Crippen molar-refractivity contribution in [1.29, 1.82) is 0 Å². The lowest BCUT2D eigenvalue weighted by Gasteiger charge is -2.28. The number of hydrogen-bond donors (Lipinski definition) is 1. The third-order valence-electron chi connectivity index (χ3n) is 3.44. The molecule has 0 radical (unpaired) electrons. The van der Waals surface area contributed by atoms with E-state index in [0.29, 0.717) is 19.4 Å². The molecule has 0 bridgehead atoms. The van der Waals surface area contributed by atoms with Gasteiger partial charge < -0.3 is 5.32 Å². The molecular weight excluding hydrogens is 264 g/mol. The fraction of sp³-hybridized carbons (Fsp3) is 0.429. The van der Waals surface area contributed by atoms with Crippen molar-refractivity contribution in [3.05, 3.63) is 34.3 Å². The van der Waals surface area contributed by atoms with E-state index >= 15 is 0 Å². The smallest absolute Gasteiger partial charge is 0.246 e. The third kappa shape index (κ3) is 3.14. The number of aryl methyl sites for hydroxylation is 1. The topological polar surface area (TPSA) is 49.4 Å². The van der Waals surface area contributed by atoms with E-state index in [9.17, 15) is 9.59 Å². The van der Waals surface area contributed by atoms with E-state index in [1.165, 1.54) is 11.9 Å². The van der Waals surface area contributed by atoms with Crippen molar-refractivity contribution in [3.63, 3.8) is 0 Å². The van der Waals surface area contributed by atoms with Gasteiger partial charge >= 0.3 is 0 Å². The predicted molar refractivity (Wildman–Crippen MR) is 73.8 cm³/mol. The summed E-state index contributed by atoms with van der Waals surface area (Å²) in [6.45, 7) is 2.52. The Morgan fingerprint density at radius 1 is 1.42 bits per heavy atom. The summed E-state index contributed by atoms with van der Waals surface area (Å²) < 4.78 is 0. The van der Waals surface area contributed by atoms with Gasteiger partial charge in [0.1, 0.15) is 0 Å². The molecule has 1 unspecified atom stereocenters. The molecule has 1 aromatic carbocycles. The van der Waals surface area contributed by atoms with Gasteiger partial charge in [0, 0.05) is 25.0 Å².